The van der Waals surface area contributed by atoms with E-state index < -0.39 is 0 Å². The second-order valence-corrected chi connectivity index (χ2v) is 9.43. The fourth-order valence-corrected chi connectivity index (χ4v) is 4.93. The summed E-state index contributed by atoms with van der Waals surface area (Å²) >= 11 is 8.81. The van der Waals surface area contributed by atoms with Crippen LogP contribution in [0.1, 0.15) is 23.7 Å². The molecule has 0 aliphatic carbocycles. The van der Waals surface area contributed by atoms with Gasteiger partial charge in [0.2, 0.25) is 11.1 Å². The van der Waals surface area contributed by atoms with Crippen molar-refractivity contribution in [3.63, 3.8) is 0 Å². The van der Waals surface area contributed by atoms with E-state index in [9.17, 15) is 4.79 Å². The van der Waals surface area contributed by atoms with Gasteiger partial charge in [-0.2, -0.15) is 0 Å². The number of rotatable bonds is 6. The minimum atomic E-state index is -0.0869. The summed E-state index contributed by atoms with van der Waals surface area (Å²) in [6, 6.07) is 13.2. The van der Waals surface area contributed by atoms with Crippen LogP contribution in [0.25, 0.3) is 11.4 Å². The Morgan fingerprint density at radius 2 is 1.91 bits per heavy atom. The number of anilines is 2. The van der Waals surface area contributed by atoms with Crippen molar-refractivity contribution < 1.29 is 4.79 Å². The van der Waals surface area contributed by atoms with E-state index in [1.807, 2.05) is 49.6 Å². The average Bonchev–Trinajstić information content (AvgIpc) is 3.36. The Hall–Kier alpha value is -2.88. The summed E-state index contributed by atoms with van der Waals surface area (Å²) in [6.45, 7) is 5.62. The molecule has 0 saturated heterocycles. The van der Waals surface area contributed by atoms with Gasteiger partial charge in [0.15, 0.2) is 11.0 Å². The lowest BCUT2D eigenvalue weighted by molar-refractivity contribution is -0.115. The van der Waals surface area contributed by atoms with E-state index in [4.69, 9.17) is 17.4 Å². The van der Waals surface area contributed by atoms with Gasteiger partial charge in [0.05, 0.1) is 11.4 Å². The van der Waals surface area contributed by atoms with Crippen molar-refractivity contribution in [2.24, 2.45) is 0 Å². The number of aryl methyl sites for hydroxylation is 2. The van der Waals surface area contributed by atoms with Crippen LogP contribution in [-0.2, 0) is 10.5 Å². The van der Waals surface area contributed by atoms with E-state index in [0.29, 0.717) is 26.9 Å². The maximum absolute atomic E-state index is 12.4. The Morgan fingerprint density at radius 1 is 1.16 bits per heavy atom. The summed E-state index contributed by atoms with van der Waals surface area (Å²) < 4.78 is 1.46. The highest BCUT2D eigenvalue weighted by Gasteiger charge is 2.19. The Bertz CT molecular complexity index is 1270. The summed E-state index contributed by atoms with van der Waals surface area (Å²) in [5.41, 5.74) is 4.78. The van der Waals surface area contributed by atoms with E-state index in [2.05, 4.69) is 15.2 Å². The summed E-state index contributed by atoms with van der Waals surface area (Å²) in [5.74, 6) is 7.22. The Labute approximate surface area is 199 Å². The third kappa shape index (κ3) is 4.64. The predicted molar refractivity (Wildman–Crippen MR) is 131 cm³/mol. The van der Waals surface area contributed by atoms with E-state index in [1.54, 1.807) is 24.0 Å². The van der Waals surface area contributed by atoms with Gasteiger partial charge in [0.1, 0.15) is 0 Å². The zero-order chi connectivity index (χ0) is 22.8. The lowest BCUT2D eigenvalue weighted by Gasteiger charge is -2.19. The SMILES string of the molecule is CC(=O)N(c1ccc(C)c(C)c1)c1nc(CSc2nnc(-c3ccc(Cl)cc3)n2N)cs1. The Balaban J connectivity index is 1.50. The number of hydrogen-bond acceptors (Lipinski definition) is 7. The summed E-state index contributed by atoms with van der Waals surface area (Å²) in [5, 5.41) is 12.2. The molecule has 2 aromatic heterocycles. The van der Waals surface area contributed by atoms with Gasteiger partial charge in [-0.3, -0.25) is 9.69 Å². The quantitative estimate of drug-likeness (QED) is 0.292. The lowest BCUT2D eigenvalue weighted by atomic mass is 10.1. The highest BCUT2D eigenvalue weighted by molar-refractivity contribution is 7.98. The van der Waals surface area contributed by atoms with Gasteiger partial charge in [-0.1, -0.05) is 29.4 Å². The molecule has 2 aromatic carbocycles. The molecule has 0 aliphatic heterocycles. The number of nitrogen functional groups attached to an aromatic ring is 1. The number of carbonyl (C=O) groups is 1. The lowest BCUT2D eigenvalue weighted by Crippen LogP contribution is -2.22. The number of carbonyl (C=O) groups excluding carboxylic acids is 1. The monoisotopic (exact) mass is 484 g/mol. The van der Waals surface area contributed by atoms with E-state index in [0.717, 1.165) is 22.5 Å². The predicted octanol–water partition coefficient (Wildman–Crippen LogP) is 5.36. The molecular weight excluding hydrogens is 464 g/mol. The Morgan fingerprint density at radius 3 is 2.59 bits per heavy atom. The molecule has 1 amide bonds. The number of nitrogens with zero attached hydrogens (tertiary/aromatic N) is 5. The molecule has 0 atom stereocenters. The first kappa shape index (κ1) is 22.3. The molecule has 0 saturated carbocycles. The zero-order valence-corrected chi connectivity index (χ0v) is 20.1. The third-order valence-corrected chi connectivity index (χ3v) is 7.01. The van der Waals surface area contributed by atoms with Crippen molar-refractivity contribution in [3.05, 3.63) is 69.7 Å². The number of benzene rings is 2. The van der Waals surface area contributed by atoms with Crippen LogP contribution in [-0.4, -0.2) is 25.8 Å². The number of thiazole rings is 1. The summed E-state index contributed by atoms with van der Waals surface area (Å²) in [6.07, 6.45) is 0. The number of halogens is 1. The molecule has 0 unspecified atom stereocenters. The molecule has 7 nitrogen and oxygen atoms in total. The topological polar surface area (TPSA) is 89.9 Å². The minimum absolute atomic E-state index is 0.0869. The zero-order valence-electron chi connectivity index (χ0n) is 17.7. The number of nitrogens with two attached hydrogens (primary N) is 1. The first-order chi connectivity index (χ1) is 15.3. The van der Waals surface area contributed by atoms with E-state index >= 15 is 0 Å². The van der Waals surface area contributed by atoms with Crippen LogP contribution in [0.4, 0.5) is 10.8 Å². The minimum Gasteiger partial charge on any atom is -0.335 e. The van der Waals surface area contributed by atoms with Crippen molar-refractivity contribution in [3.8, 4) is 11.4 Å². The number of aromatic nitrogens is 4. The van der Waals surface area contributed by atoms with Crippen molar-refractivity contribution in [2.75, 3.05) is 10.7 Å². The van der Waals surface area contributed by atoms with Crippen LogP contribution in [0.2, 0.25) is 5.02 Å². The molecule has 164 valence electrons. The molecule has 0 aliphatic rings. The largest absolute Gasteiger partial charge is 0.335 e. The first-order valence-corrected chi connectivity index (χ1v) is 12.0. The van der Waals surface area contributed by atoms with Gasteiger partial charge >= 0.3 is 0 Å². The van der Waals surface area contributed by atoms with Crippen molar-refractivity contribution in [1.29, 1.82) is 0 Å². The third-order valence-electron chi connectivity index (χ3n) is 4.91. The molecular formula is C22H21ClN6OS2. The molecule has 32 heavy (non-hydrogen) atoms. The van der Waals surface area contributed by atoms with Gasteiger partial charge in [-0.15, -0.1) is 21.5 Å². The smallest absolute Gasteiger partial charge is 0.230 e. The van der Waals surface area contributed by atoms with Crippen LogP contribution < -0.4 is 10.7 Å². The summed E-state index contributed by atoms with van der Waals surface area (Å²) in [7, 11) is 0. The number of thioether (sulfide) groups is 1. The van der Waals surface area contributed by atoms with Crippen molar-refractivity contribution >= 4 is 51.4 Å². The molecule has 0 fully saturated rings. The van der Waals surface area contributed by atoms with Gasteiger partial charge in [-0.05, 0) is 61.4 Å². The van der Waals surface area contributed by atoms with Crippen LogP contribution in [0.15, 0.2) is 53.0 Å². The van der Waals surface area contributed by atoms with E-state index in [1.165, 1.54) is 33.3 Å². The molecule has 4 rings (SSSR count). The maximum atomic E-state index is 12.4. The molecule has 2 N–H and O–H groups in total. The fourth-order valence-electron chi connectivity index (χ4n) is 3.07. The van der Waals surface area contributed by atoms with Crippen LogP contribution >= 0.6 is 34.7 Å². The van der Waals surface area contributed by atoms with Gasteiger partial charge in [0, 0.05) is 28.6 Å². The maximum Gasteiger partial charge on any atom is 0.230 e. The highest BCUT2D eigenvalue weighted by atomic mass is 35.5. The summed E-state index contributed by atoms with van der Waals surface area (Å²) in [4.78, 5) is 18.7. The fraction of sp³-hybridized carbons (Fsp3) is 0.182. The molecule has 0 spiro atoms. The van der Waals surface area contributed by atoms with Crippen LogP contribution in [0.3, 0.4) is 0 Å². The average molecular weight is 485 g/mol. The molecule has 10 heteroatoms. The molecule has 0 bridgehead atoms. The molecule has 4 aromatic rings. The number of hydrogen-bond donors (Lipinski definition) is 1. The molecule has 2 heterocycles. The Kier molecular flexibility index (Phi) is 6.50. The van der Waals surface area contributed by atoms with Gasteiger partial charge in [-0.25, -0.2) is 9.66 Å². The standard InChI is InChI=1S/C22H21ClN6OS2/c1-13-4-9-19(10-14(13)2)28(15(3)30)21-25-18(11-31-21)12-32-22-27-26-20(29(22)24)16-5-7-17(23)8-6-16/h4-11H,12,24H2,1-3H3. The second-order valence-electron chi connectivity index (χ2n) is 7.22. The van der Waals surface area contributed by atoms with Crippen molar-refractivity contribution in [1.82, 2.24) is 19.9 Å². The van der Waals surface area contributed by atoms with Gasteiger partial charge in [0.25, 0.3) is 0 Å². The van der Waals surface area contributed by atoms with Gasteiger partial charge < -0.3 is 5.84 Å². The second kappa shape index (κ2) is 9.32. The molecule has 0 radical (unpaired) electrons. The highest BCUT2D eigenvalue weighted by Crippen LogP contribution is 2.32. The van der Waals surface area contributed by atoms with E-state index in [-0.39, 0.29) is 5.91 Å². The number of amides is 1. The normalized spacial score (nSPS) is 11.0. The van der Waals surface area contributed by atoms with Crippen LogP contribution in [0.5, 0.6) is 0 Å². The van der Waals surface area contributed by atoms with Crippen LogP contribution in [0, 0.1) is 13.8 Å². The first-order valence-electron chi connectivity index (χ1n) is 9.75. The van der Waals surface area contributed by atoms with Crippen molar-refractivity contribution in [2.45, 2.75) is 31.7 Å².